The lowest BCUT2D eigenvalue weighted by Crippen LogP contribution is -2.37. The molecule has 3 heteroatoms. The van der Waals surface area contributed by atoms with Gasteiger partial charge in [0.25, 0.3) is 0 Å². The van der Waals surface area contributed by atoms with E-state index in [1.165, 1.54) is 38.5 Å². The van der Waals surface area contributed by atoms with Gasteiger partial charge in [0.15, 0.2) is 0 Å². The van der Waals surface area contributed by atoms with Gasteiger partial charge in [0.1, 0.15) is 13.2 Å². The van der Waals surface area contributed by atoms with E-state index in [0.29, 0.717) is 6.61 Å². The predicted octanol–water partition coefficient (Wildman–Crippen LogP) is 3.54. The van der Waals surface area contributed by atoms with E-state index < -0.39 is 0 Å². The molecule has 0 fully saturated rings. The lowest BCUT2D eigenvalue weighted by molar-refractivity contribution is -0.870. The van der Waals surface area contributed by atoms with Crippen molar-refractivity contribution in [1.29, 1.82) is 0 Å². The highest BCUT2D eigenvalue weighted by molar-refractivity contribution is 5.81. The number of rotatable bonds is 11. The molecule has 19 heavy (non-hydrogen) atoms. The molecule has 0 rings (SSSR count). The number of hydrogen-bond donors (Lipinski definition) is 0. The van der Waals surface area contributed by atoms with Crippen LogP contribution in [0.4, 0.5) is 0 Å². The van der Waals surface area contributed by atoms with Crippen LogP contribution in [0.15, 0.2) is 12.2 Å². The van der Waals surface area contributed by atoms with Crippen molar-refractivity contribution >= 4 is 5.97 Å². The summed E-state index contributed by atoms with van der Waals surface area (Å²) >= 11 is 0. The second-order valence-electron chi connectivity index (χ2n) is 6.14. The first kappa shape index (κ1) is 18.2. The SMILES string of the molecule is CCCCCCCCC=CC(=O)OCC[N+](C)(C)C. The third-order valence-corrected chi connectivity index (χ3v) is 2.98. The molecular formula is C16H32NO2+. The zero-order valence-electron chi connectivity index (χ0n) is 13.3. The van der Waals surface area contributed by atoms with Gasteiger partial charge in [0.2, 0.25) is 0 Å². The number of ether oxygens (including phenoxy) is 1. The molecule has 0 heterocycles. The van der Waals surface area contributed by atoms with Crippen molar-refractivity contribution in [3.8, 4) is 0 Å². The van der Waals surface area contributed by atoms with Crippen LogP contribution in [-0.4, -0.2) is 44.7 Å². The average molecular weight is 270 g/mol. The molecule has 0 unspecified atom stereocenters. The first-order chi connectivity index (χ1) is 8.95. The number of likely N-dealkylation sites (N-methyl/N-ethyl adjacent to an activating group) is 1. The van der Waals surface area contributed by atoms with Gasteiger partial charge < -0.3 is 9.22 Å². The average Bonchev–Trinajstić information content (AvgIpc) is 2.31. The van der Waals surface area contributed by atoms with Gasteiger partial charge in [-0.2, -0.15) is 0 Å². The van der Waals surface area contributed by atoms with E-state index >= 15 is 0 Å². The van der Waals surface area contributed by atoms with Crippen LogP contribution in [0.2, 0.25) is 0 Å². The monoisotopic (exact) mass is 270 g/mol. The van der Waals surface area contributed by atoms with Crippen molar-refractivity contribution in [3.05, 3.63) is 12.2 Å². The summed E-state index contributed by atoms with van der Waals surface area (Å²) in [5.74, 6) is -0.209. The maximum Gasteiger partial charge on any atom is 0.330 e. The van der Waals surface area contributed by atoms with Gasteiger partial charge in [-0.05, 0) is 12.8 Å². The molecular weight excluding hydrogens is 238 g/mol. The number of hydrogen-bond acceptors (Lipinski definition) is 2. The van der Waals surface area contributed by atoms with Gasteiger partial charge in [-0.15, -0.1) is 0 Å². The van der Waals surface area contributed by atoms with Crippen LogP contribution in [0.25, 0.3) is 0 Å². The highest BCUT2D eigenvalue weighted by atomic mass is 16.5. The number of allylic oxidation sites excluding steroid dienone is 1. The number of carbonyl (C=O) groups excluding carboxylic acids is 1. The Balaban J connectivity index is 3.42. The van der Waals surface area contributed by atoms with E-state index in [1.807, 2.05) is 6.08 Å². The molecule has 0 atom stereocenters. The summed E-state index contributed by atoms with van der Waals surface area (Å²) in [5, 5.41) is 0. The van der Waals surface area contributed by atoms with Crippen molar-refractivity contribution in [2.24, 2.45) is 0 Å². The summed E-state index contributed by atoms with van der Waals surface area (Å²) in [5.41, 5.74) is 0. The normalized spacial score (nSPS) is 12.0. The maximum atomic E-state index is 11.4. The van der Waals surface area contributed by atoms with E-state index in [2.05, 4.69) is 28.1 Å². The quantitative estimate of drug-likeness (QED) is 0.248. The molecule has 0 spiro atoms. The smallest absolute Gasteiger partial charge is 0.330 e. The van der Waals surface area contributed by atoms with Crippen LogP contribution in [0.5, 0.6) is 0 Å². The van der Waals surface area contributed by atoms with Crippen molar-refractivity contribution in [1.82, 2.24) is 0 Å². The number of esters is 1. The minimum atomic E-state index is -0.209. The standard InChI is InChI=1S/C16H32NO2/c1-5-6-7-8-9-10-11-12-13-16(18)19-15-14-17(2,3)4/h12-13H,5-11,14-15H2,1-4H3/q+1. The summed E-state index contributed by atoms with van der Waals surface area (Å²) in [6, 6.07) is 0. The summed E-state index contributed by atoms with van der Waals surface area (Å²) in [6.07, 6.45) is 12.2. The Labute approximate surface area is 119 Å². The third-order valence-electron chi connectivity index (χ3n) is 2.98. The fourth-order valence-corrected chi connectivity index (χ4v) is 1.69. The molecule has 0 aromatic carbocycles. The highest BCUT2D eigenvalue weighted by Gasteiger charge is 2.07. The molecule has 0 aliphatic heterocycles. The Hall–Kier alpha value is -0.830. The number of carbonyl (C=O) groups is 1. The Morgan fingerprint density at radius 1 is 1.05 bits per heavy atom. The van der Waals surface area contributed by atoms with Gasteiger partial charge >= 0.3 is 5.97 Å². The third kappa shape index (κ3) is 15.1. The van der Waals surface area contributed by atoms with E-state index in [9.17, 15) is 4.79 Å². The van der Waals surface area contributed by atoms with Crippen LogP contribution in [0, 0.1) is 0 Å². The Morgan fingerprint density at radius 3 is 2.32 bits per heavy atom. The molecule has 0 aliphatic carbocycles. The number of quaternary nitrogens is 1. The molecule has 112 valence electrons. The fraction of sp³-hybridized carbons (Fsp3) is 0.812. The van der Waals surface area contributed by atoms with Crippen LogP contribution in [0.1, 0.15) is 51.9 Å². The Kier molecular flexibility index (Phi) is 10.6. The predicted molar refractivity (Wildman–Crippen MR) is 81.0 cm³/mol. The topological polar surface area (TPSA) is 26.3 Å². The first-order valence-corrected chi connectivity index (χ1v) is 7.59. The Morgan fingerprint density at radius 2 is 1.68 bits per heavy atom. The number of nitrogens with zero attached hydrogens (tertiary/aromatic N) is 1. The second kappa shape index (κ2) is 11.0. The molecule has 0 saturated heterocycles. The largest absolute Gasteiger partial charge is 0.457 e. The first-order valence-electron chi connectivity index (χ1n) is 7.59. The van der Waals surface area contributed by atoms with Crippen molar-refractivity contribution in [2.45, 2.75) is 51.9 Å². The molecule has 0 aromatic heterocycles. The molecule has 0 bridgehead atoms. The minimum Gasteiger partial charge on any atom is -0.457 e. The Bertz CT molecular complexity index is 254. The highest BCUT2D eigenvalue weighted by Crippen LogP contribution is 2.07. The lowest BCUT2D eigenvalue weighted by Gasteiger charge is -2.23. The van der Waals surface area contributed by atoms with Crippen molar-refractivity contribution < 1.29 is 14.0 Å². The molecule has 0 aliphatic rings. The van der Waals surface area contributed by atoms with Gasteiger partial charge in [0, 0.05) is 6.08 Å². The summed E-state index contributed by atoms with van der Waals surface area (Å²) in [7, 11) is 6.26. The van der Waals surface area contributed by atoms with Crippen LogP contribution >= 0.6 is 0 Å². The van der Waals surface area contributed by atoms with Crippen molar-refractivity contribution in [2.75, 3.05) is 34.3 Å². The van der Waals surface area contributed by atoms with Crippen LogP contribution in [0.3, 0.4) is 0 Å². The lowest BCUT2D eigenvalue weighted by atomic mass is 10.1. The second-order valence-corrected chi connectivity index (χ2v) is 6.14. The molecule has 0 amide bonds. The van der Waals surface area contributed by atoms with Gasteiger partial charge in [-0.1, -0.05) is 45.1 Å². The zero-order chi connectivity index (χ0) is 14.6. The van der Waals surface area contributed by atoms with Gasteiger partial charge in [-0.25, -0.2) is 4.79 Å². The van der Waals surface area contributed by atoms with Crippen LogP contribution < -0.4 is 0 Å². The maximum absolute atomic E-state index is 11.4. The molecule has 0 radical (unpaired) electrons. The summed E-state index contributed by atoms with van der Waals surface area (Å²) in [6.45, 7) is 3.56. The zero-order valence-corrected chi connectivity index (χ0v) is 13.3. The van der Waals surface area contributed by atoms with E-state index in [0.717, 1.165) is 17.4 Å². The fourth-order valence-electron chi connectivity index (χ4n) is 1.69. The minimum absolute atomic E-state index is 0.209. The number of unbranched alkanes of at least 4 members (excludes halogenated alkanes) is 6. The van der Waals surface area contributed by atoms with Gasteiger partial charge in [-0.3, -0.25) is 0 Å². The van der Waals surface area contributed by atoms with E-state index in [4.69, 9.17) is 4.74 Å². The summed E-state index contributed by atoms with van der Waals surface area (Å²) < 4.78 is 5.95. The van der Waals surface area contributed by atoms with Crippen molar-refractivity contribution in [3.63, 3.8) is 0 Å². The molecule has 0 saturated carbocycles. The molecule has 3 nitrogen and oxygen atoms in total. The summed E-state index contributed by atoms with van der Waals surface area (Å²) in [4.78, 5) is 11.4. The van der Waals surface area contributed by atoms with E-state index in [-0.39, 0.29) is 5.97 Å². The molecule has 0 aromatic rings. The van der Waals surface area contributed by atoms with E-state index in [1.54, 1.807) is 6.08 Å². The molecule has 0 N–H and O–H groups in total. The van der Waals surface area contributed by atoms with Crippen LogP contribution in [-0.2, 0) is 9.53 Å². The van der Waals surface area contributed by atoms with Gasteiger partial charge in [0.05, 0.1) is 21.1 Å².